The van der Waals surface area contributed by atoms with Gasteiger partial charge >= 0.3 is 0 Å². The summed E-state index contributed by atoms with van der Waals surface area (Å²) in [5, 5.41) is 2.81. The van der Waals surface area contributed by atoms with Crippen LogP contribution >= 0.6 is 0 Å². The number of carbonyl (C=O) groups excluding carboxylic acids is 2. The lowest BCUT2D eigenvalue weighted by molar-refractivity contribution is -0.155. The third-order valence-corrected chi connectivity index (χ3v) is 3.35. The van der Waals surface area contributed by atoms with Crippen molar-refractivity contribution in [1.29, 1.82) is 0 Å². The molecule has 5 nitrogen and oxygen atoms in total. The molecule has 1 heterocycles. The fraction of sp³-hybridized carbons (Fsp3) is 0.467. The van der Waals surface area contributed by atoms with Crippen LogP contribution in [0.1, 0.15) is 18.9 Å². The largest absolute Gasteiger partial charge is 0.366 e. The minimum Gasteiger partial charge on any atom is -0.366 e. The van der Waals surface area contributed by atoms with Crippen LogP contribution < -0.4 is 5.32 Å². The fourth-order valence-electron chi connectivity index (χ4n) is 2.19. The van der Waals surface area contributed by atoms with Crippen LogP contribution in [-0.2, 0) is 20.9 Å². The predicted molar refractivity (Wildman–Crippen MR) is 74.9 cm³/mol. The first kappa shape index (κ1) is 14.5. The second kappa shape index (κ2) is 7.05. The van der Waals surface area contributed by atoms with Crippen molar-refractivity contribution in [1.82, 2.24) is 10.2 Å². The number of rotatable bonds is 5. The first-order chi connectivity index (χ1) is 9.70. The van der Waals surface area contributed by atoms with Gasteiger partial charge in [-0.3, -0.25) is 9.59 Å². The normalized spacial score (nSPS) is 18.9. The molecule has 1 saturated heterocycles. The lowest BCUT2D eigenvalue weighted by Crippen LogP contribution is -2.49. The second-order valence-corrected chi connectivity index (χ2v) is 4.74. The summed E-state index contributed by atoms with van der Waals surface area (Å²) < 4.78 is 5.39. The van der Waals surface area contributed by atoms with Crippen molar-refractivity contribution in [2.75, 3.05) is 19.7 Å². The first-order valence-electron chi connectivity index (χ1n) is 6.91. The van der Waals surface area contributed by atoms with Crippen molar-refractivity contribution < 1.29 is 14.3 Å². The molecule has 1 N–H and O–H groups in total. The first-order valence-corrected chi connectivity index (χ1v) is 6.91. The molecular formula is C15H20N2O3. The maximum absolute atomic E-state index is 12.0. The van der Waals surface area contributed by atoms with Crippen LogP contribution in [0.3, 0.4) is 0 Å². The van der Waals surface area contributed by atoms with Gasteiger partial charge in [0.05, 0.1) is 13.0 Å². The van der Waals surface area contributed by atoms with E-state index in [0.29, 0.717) is 26.2 Å². The molecule has 0 aliphatic carbocycles. The Morgan fingerprint density at radius 2 is 2.15 bits per heavy atom. The van der Waals surface area contributed by atoms with Crippen molar-refractivity contribution in [3.63, 3.8) is 0 Å². The molecule has 0 radical (unpaired) electrons. The standard InChI is InChI=1S/C15H20N2O3/c1-2-17-8-9-20-13(15(17)19)10-14(18)16-11-12-6-4-3-5-7-12/h3-7,13H,2,8-11H2,1H3,(H,16,18)/t13-/m0/s1. The summed E-state index contributed by atoms with van der Waals surface area (Å²) in [5.41, 5.74) is 1.03. The zero-order valence-corrected chi connectivity index (χ0v) is 11.7. The molecule has 2 amide bonds. The number of hydrogen-bond acceptors (Lipinski definition) is 3. The van der Waals surface area contributed by atoms with Crippen molar-refractivity contribution in [2.45, 2.75) is 26.0 Å². The summed E-state index contributed by atoms with van der Waals surface area (Å²) in [6.07, 6.45) is -0.554. The molecular weight excluding hydrogens is 256 g/mol. The van der Waals surface area contributed by atoms with E-state index in [1.807, 2.05) is 37.3 Å². The van der Waals surface area contributed by atoms with E-state index in [4.69, 9.17) is 4.74 Å². The van der Waals surface area contributed by atoms with E-state index in [0.717, 1.165) is 5.56 Å². The van der Waals surface area contributed by atoms with Gasteiger partial charge in [0.2, 0.25) is 5.91 Å². The molecule has 0 aromatic heterocycles. The maximum Gasteiger partial charge on any atom is 0.252 e. The van der Waals surface area contributed by atoms with E-state index in [1.54, 1.807) is 4.90 Å². The van der Waals surface area contributed by atoms with Gasteiger partial charge in [-0.1, -0.05) is 30.3 Å². The summed E-state index contributed by atoms with van der Waals surface area (Å²) in [6, 6.07) is 9.67. The number of benzene rings is 1. The summed E-state index contributed by atoms with van der Waals surface area (Å²) in [4.78, 5) is 25.6. The summed E-state index contributed by atoms with van der Waals surface area (Å²) in [5.74, 6) is -0.251. The molecule has 2 rings (SSSR count). The number of amides is 2. The minimum absolute atomic E-state index is 0.0855. The highest BCUT2D eigenvalue weighted by molar-refractivity contribution is 5.88. The van der Waals surface area contributed by atoms with Gasteiger partial charge in [-0.05, 0) is 12.5 Å². The molecule has 1 aliphatic heterocycles. The molecule has 1 aliphatic rings. The summed E-state index contributed by atoms with van der Waals surface area (Å²) >= 11 is 0. The van der Waals surface area contributed by atoms with Crippen LogP contribution in [-0.4, -0.2) is 42.5 Å². The van der Waals surface area contributed by atoms with Gasteiger partial charge in [0.25, 0.3) is 5.91 Å². The molecule has 108 valence electrons. The van der Waals surface area contributed by atoms with Crippen molar-refractivity contribution in [2.24, 2.45) is 0 Å². The van der Waals surface area contributed by atoms with Crippen LogP contribution in [0, 0.1) is 0 Å². The Morgan fingerprint density at radius 1 is 1.40 bits per heavy atom. The van der Waals surface area contributed by atoms with Gasteiger partial charge < -0.3 is 15.0 Å². The van der Waals surface area contributed by atoms with Gasteiger partial charge in [-0.25, -0.2) is 0 Å². The van der Waals surface area contributed by atoms with E-state index in [1.165, 1.54) is 0 Å². The quantitative estimate of drug-likeness (QED) is 0.870. The van der Waals surface area contributed by atoms with Crippen LogP contribution in [0.2, 0.25) is 0 Å². The number of nitrogens with zero attached hydrogens (tertiary/aromatic N) is 1. The SMILES string of the molecule is CCN1CCO[C@@H](CC(=O)NCc2ccccc2)C1=O. The summed E-state index contributed by atoms with van der Waals surface area (Å²) in [7, 11) is 0. The Morgan fingerprint density at radius 3 is 2.85 bits per heavy atom. The molecule has 20 heavy (non-hydrogen) atoms. The van der Waals surface area contributed by atoms with Crippen LogP contribution in [0.15, 0.2) is 30.3 Å². The van der Waals surface area contributed by atoms with Gasteiger partial charge in [-0.15, -0.1) is 0 Å². The highest BCUT2D eigenvalue weighted by atomic mass is 16.5. The molecule has 1 fully saturated rings. The zero-order valence-electron chi connectivity index (χ0n) is 11.7. The smallest absolute Gasteiger partial charge is 0.252 e. The third kappa shape index (κ3) is 3.81. The van der Waals surface area contributed by atoms with Gasteiger partial charge in [-0.2, -0.15) is 0 Å². The Kier molecular flexibility index (Phi) is 5.12. The maximum atomic E-state index is 12.0. The fourth-order valence-corrected chi connectivity index (χ4v) is 2.19. The minimum atomic E-state index is -0.639. The van der Waals surface area contributed by atoms with Crippen molar-refractivity contribution in [3.05, 3.63) is 35.9 Å². The molecule has 5 heteroatoms. The Bertz CT molecular complexity index is 461. The lowest BCUT2D eigenvalue weighted by Gasteiger charge is -2.31. The summed E-state index contributed by atoms with van der Waals surface area (Å²) in [6.45, 7) is 4.16. The molecule has 1 atom stereocenters. The van der Waals surface area contributed by atoms with Crippen molar-refractivity contribution >= 4 is 11.8 Å². The lowest BCUT2D eigenvalue weighted by atomic mass is 10.1. The predicted octanol–water partition coefficient (Wildman–Crippen LogP) is 0.940. The number of likely N-dealkylation sites (N-methyl/N-ethyl adjacent to an activating group) is 1. The molecule has 0 saturated carbocycles. The number of morpholine rings is 1. The van der Waals surface area contributed by atoms with Gasteiger partial charge in [0.15, 0.2) is 0 Å². The third-order valence-electron chi connectivity index (χ3n) is 3.35. The van der Waals surface area contributed by atoms with Crippen LogP contribution in [0.4, 0.5) is 0 Å². The van der Waals surface area contributed by atoms with E-state index in [9.17, 15) is 9.59 Å². The average Bonchev–Trinajstić information content (AvgIpc) is 2.48. The van der Waals surface area contributed by atoms with E-state index in [2.05, 4.69) is 5.32 Å². The highest BCUT2D eigenvalue weighted by Gasteiger charge is 2.30. The van der Waals surface area contributed by atoms with Crippen molar-refractivity contribution in [3.8, 4) is 0 Å². The number of hydrogen-bond donors (Lipinski definition) is 1. The second-order valence-electron chi connectivity index (χ2n) is 4.74. The van der Waals surface area contributed by atoms with E-state index >= 15 is 0 Å². The Balaban J connectivity index is 1.80. The topological polar surface area (TPSA) is 58.6 Å². The van der Waals surface area contributed by atoms with E-state index < -0.39 is 6.10 Å². The molecule has 1 aromatic rings. The molecule has 0 unspecified atom stereocenters. The van der Waals surface area contributed by atoms with E-state index in [-0.39, 0.29) is 18.2 Å². The van der Waals surface area contributed by atoms with Crippen LogP contribution in [0.5, 0.6) is 0 Å². The molecule has 0 spiro atoms. The zero-order chi connectivity index (χ0) is 14.4. The monoisotopic (exact) mass is 276 g/mol. The number of nitrogens with one attached hydrogen (secondary N) is 1. The Hall–Kier alpha value is -1.88. The van der Waals surface area contributed by atoms with Gasteiger partial charge in [0, 0.05) is 19.6 Å². The molecule has 1 aromatic carbocycles. The average molecular weight is 276 g/mol. The van der Waals surface area contributed by atoms with Crippen LogP contribution in [0.25, 0.3) is 0 Å². The Labute approximate surface area is 118 Å². The molecule has 0 bridgehead atoms. The number of carbonyl (C=O) groups is 2. The van der Waals surface area contributed by atoms with Gasteiger partial charge in [0.1, 0.15) is 6.10 Å². The number of ether oxygens (including phenoxy) is 1. The highest BCUT2D eigenvalue weighted by Crippen LogP contribution is 2.10.